The molecule has 1 aliphatic heterocycles. The monoisotopic (exact) mass is 456 g/mol. The van der Waals surface area contributed by atoms with Crippen LogP contribution >= 0.6 is 0 Å². The summed E-state index contributed by atoms with van der Waals surface area (Å²) in [5, 5.41) is 7.78. The largest absolute Gasteiger partial charge is 0.416 e. The number of carbonyl (C=O) groups is 1. The maximum Gasteiger partial charge on any atom is 0.416 e. The SMILES string of the molecule is C[C@@H](C(=O)Nc1ccc(S(N)(=O)=O)cc1)N1CCN(c2cccc(C(F)(F)F)c2)CC1. The molecule has 0 saturated carbocycles. The molecular weight excluding hydrogens is 433 g/mol. The van der Waals surface area contributed by atoms with E-state index >= 15 is 0 Å². The molecule has 3 rings (SSSR count). The van der Waals surface area contributed by atoms with E-state index in [1.54, 1.807) is 13.0 Å². The van der Waals surface area contributed by atoms with Crippen LogP contribution in [-0.2, 0) is 21.0 Å². The van der Waals surface area contributed by atoms with Crippen molar-refractivity contribution in [2.24, 2.45) is 5.14 Å². The molecule has 1 heterocycles. The Balaban J connectivity index is 1.57. The molecule has 0 aromatic heterocycles. The number of nitrogens with zero attached hydrogens (tertiary/aromatic N) is 2. The van der Waals surface area contributed by atoms with E-state index in [0.717, 1.165) is 12.1 Å². The summed E-state index contributed by atoms with van der Waals surface area (Å²) in [5.41, 5.74) is 0.252. The van der Waals surface area contributed by atoms with Crippen molar-refractivity contribution in [1.29, 1.82) is 0 Å². The minimum absolute atomic E-state index is 0.0516. The van der Waals surface area contributed by atoms with Crippen LogP contribution in [0.4, 0.5) is 24.5 Å². The lowest BCUT2D eigenvalue weighted by Crippen LogP contribution is -2.52. The zero-order valence-corrected chi connectivity index (χ0v) is 17.6. The molecule has 1 saturated heterocycles. The average molecular weight is 456 g/mol. The Hall–Kier alpha value is -2.63. The number of sulfonamides is 1. The van der Waals surface area contributed by atoms with Gasteiger partial charge in [0, 0.05) is 37.6 Å². The molecule has 0 radical (unpaired) electrons. The van der Waals surface area contributed by atoms with Gasteiger partial charge in [-0.2, -0.15) is 13.2 Å². The lowest BCUT2D eigenvalue weighted by molar-refractivity contribution is -0.137. The quantitative estimate of drug-likeness (QED) is 0.721. The number of piperazine rings is 1. The summed E-state index contributed by atoms with van der Waals surface area (Å²) in [6, 6.07) is 10.3. The second-order valence-corrected chi connectivity index (χ2v) is 8.87. The van der Waals surface area contributed by atoms with Crippen LogP contribution in [0.5, 0.6) is 0 Å². The first kappa shape index (κ1) is 23.0. The summed E-state index contributed by atoms with van der Waals surface area (Å²) in [7, 11) is -3.81. The number of nitrogens with two attached hydrogens (primary N) is 1. The Labute approximate surface area is 178 Å². The number of hydrogen-bond donors (Lipinski definition) is 2. The van der Waals surface area contributed by atoms with E-state index in [0.29, 0.717) is 37.6 Å². The van der Waals surface area contributed by atoms with Gasteiger partial charge < -0.3 is 10.2 Å². The number of primary sulfonamides is 1. The normalized spacial score (nSPS) is 16.7. The van der Waals surface area contributed by atoms with E-state index in [1.807, 2.05) is 9.80 Å². The Bertz CT molecular complexity index is 1030. The highest BCUT2D eigenvalue weighted by molar-refractivity contribution is 7.89. The van der Waals surface area contributed by atoms with E-state index in [1.165, 1.54) is 30.3 Å². The Morgan fingerprint density at radius 2 is 1.68 bits per heavy atom. The molecule has 0 aliphatic carbocycles. The molecule has 0 bridgehead atoms. The average Bonchev–Trinajstić information content (AvgIpc) is 2.72. The lowest BCUT2D eigenvalue weighted by atomic mass is 10.1. The maximum atomic E-state index is 12.9. The van der Waals surface area contributed by atoms with E-state index < -0.39 is 27.8 Å². The van der Waals surface area contributed by atoms with Gasteiger partial charge in [-0.15, -0.1) is 0 Å². The summed E-state index contributed by atoms with van der Waals surface area (Å²) >= 11 is 0. The Morgan fingerprint density at radius 1 is 1.06 bits per heavy atom. The van der Waals surface area contributed by atoms with Crippen LogP contribution in [0, 0.1) is 0 Å². The van der Waals surface area contributed by atoms with Crippen molar-refractivity contribution in [1.82, 2.24) is 4.90 Å². The van der Waals surface area contributed by atoms with E-state index in [2.05, 4.69) is 5.32 Å². The first-order valence-electron chi connectivity index (χ1n) is 9.55. The van der Waals surface area contributed by atoms with Gasteiger partial charge in [-0.05, 0) is 49.4 Å². The molecule has 2 aromatic carbocycles. The van der Waals surface area contributed by atoms with Crippen LogP contribution in [0.2, 0.25) is 0 Å². The number of rotatable bonds is 5. The predicted octanol–water partition coefficient (Wildman–Crippen LogP) is 2.50. The number of halogens is 3. The number of benzene rings is 2. The van der Waals surface area contributed by atoms with Crippen molar-refractivity contribution >= 4 is 27.3 Å². The van der Waals surface area contributed by atoms with Crippen molar-refractivity contribution in [3.63, 3.8) is 0 Å². The Morgan fingerprint density at radius 3 is 2.23 bits per heavy atom. The molecule has 2 aromatic rings. The second kappa shape index (κ2) is 8.85. The number of nitrogens with one attached hydrogen (secondary N) is 1. The molecular formula is C20H23F3N4O3S. The van der Waals surface area contributed by atoms with Crippen molar-refractivity contribution in [3.8, 4) is 0 Å². The summed E-state index contributed by atoms with van der Waals surface area (Å²) in [6.45, 7) is 3.74. The number of hydrogen-bond acceptors (Lipinski definition) is 5. The fourth-order valence-corrected chi connectivity index (χ4v) is 3.90. The van der Waals surface area contributed by atoms with E-state index in [-0.39, 0.29) is 10.8 Å². The predicted molar refractivity (Wildman–Crippen MR) is 111 cm³/mol. The van der Waals surface area contributed by atoms with Gasteiger partial charge in [-0.1, -0.05) is 6.07 Å². The first-order chi connectivity index (χ1) is 14.4. The summed E-state index contributed by atoms with van der Waals surface area (Å²) in [4.78, 5) is 16.3. The number of anilines is 2. The van der Waals surface area contributed by atoms with Gasteiger partial charge in [0.25, 0.3) is 0 Å². The third-order valence-electron chi connectivity index (χ3n) is 5.23. The van der Waals surface area contributed by atoms with Crippen LogP contribution in [0.15, 0.2) is 53.4 Å². The van der Waals surface area contributed by atoms with Crippen LogP contribution < -0.4 is 15.4 Å². The lowest BCUT2D eigenvalue weighted by Gasteiger charge is -2.38. The molecule has 31 heavy (non-hydrogen) atoms. The standard InChI is InChI=1S/C20H23F3N4O3S/c1-14(19(28)25-16-5-7-18(8-6-16)31(24,29)30)26-9-11-27(12-10-26)17-4-2-3-15(13-17)20(21,22)23/h2-8,13-14H,9-12H2,1H3,(H,25,28)(H2,24,29,30)/t14-/m0/s1. The fourth-order valence-electron chi connectivity index (χ4n) is 3.39. The highest BCUT2D eigenvalue weighted by Gasteiger charge is 2.31. The molecule has 168 valence electrons. The highest BCUT2D eigenvalue weighted by Crippen LogP contribution is 2.32. The van der Waals surface area contributed by atoms with E-state index in [9.17, 15) is 26.4 Å². The third kappa shape index (κ3) is 5.75. The molecule has 0 unspecified atom stereocenters. The zero-order chi connectivity index (χ0) is 22.8. The number of carbonyl (C=O) groups excluding carboxylic acids is 1. The molecule has 1 fully saturated rings. The van der Waals surface area contributed by atoms with Crippen molar-refractivity contribution in [2.45, 2.75) is 24.0 Å². The highest BCUT2D eigenvalue weighted by atomic mass is 32.2. The first-order valence-corrected chi connectivity index (χ1v) is 11.1. The molecule has 7 nitrogen and oxygen atoms in total. The summed E-state index contributed by atoms with van der Waals surface area (Å²) in [5.74, 6) is -0.268. The van der Waals surface area contributed by atoms with Gasteiger partial charge in [0.05, 0.1) is 16.5 Å². The summed E-state index contributed by atoms with van der Waals surface area (Å²) in [6.07, 6.45) is -4.39. The molecule has 0 spiro atoms. The van der Waals surface area contributed by atoms with Gasteiger partial charge in [-0.25, -0.2) is 13.6 Å². The van der Waals surface area contributed by atoms with Gasteiger partial charge in [-0.3, -0.25) is 9.69 Å². The smallest absolute Gasteiger partial charge is 0.369 e. The Kier molecular flexibility index (Phi) is 6.58. The maximum absolute atomic E-state index is 12.9. The van der Waals surface area contributed by atoms with Crippen molar-refractivity contribution in [3.05, 3.63) is 54.1 Å². The fraction of sp³-hybridized carbons (Fsp3) is 0.350. The third-order valence-corrected chi connectivity index (χ3v) is 6.16. The van der Waals surface area contributed by atoms with Gasteiger partial charge in [0.15, 0.2) is 0 Å². The van der Waals surface area contributed by atoms with Gasteiger partial charge in [0.1, 0.15) is 0 Å². The molecule has 3 N–H and O–H groups in total. The minimum Gasteiger partial charge on any atom is -0.369 e. The minimum atomic E-state index is -4.39. The van der Waals surface area contributed by atoms with Crippen LogP contribution in [0.1, 0.15) is 12.5 Å². The molecule has 11 heteroatoms. The molecule has 1 amide bonds. The zero-order valence-electron chi connectivity index (χ0n) is 16.8. The van der Waals surface area contributed by atoms with Crippen molar-refractivity contribution < 1.29 is 26.4 Å². The second-order valence-electron chi connectivity index (χ2n) is 7.31. The summed E-state index contributed by atoms with van der Waals surface area (Å²) < 4.78 is 61.4. The van der Waals surface area contributed by atoms with Crippen LogP contribution in [0.3, 0.4) is 0 Å². The van der Waals surface area contributed by atoms with E-state index in [4.69, 9.17) is 5.14 Å². The van der Waals surface area contributed by atoms with Crippen LogP contribution in [-0.4, -0.2) is 51.4 Å². The molecule has 1 atom stereocenters. The topological polar surface area (TPSA) is 95.7 Å². The van der Waals surface area contributed by atoms with Crippen LogP contribution in [0.25, 0.3) is 0 Å². The van der Waals surface area contributed by atoms with Crippen molar-refractivity contribution in [2.75, 3.05) is 36.4 Å². The number of amides is 1. The number of alkyl halides is 3. The van der Waals surface area contributed by atoms with Gasteiger partial charge >= 0.3 is 6.18 Å². The molecule has 1 aliphatic rings. The van der Waals surface area contributed by atoms with Gasteiger partial charge in [0.2, 0.25) is 15.9 Å².